The molecule has 3 rings (SSSR count). The minimum absolute atomic E-state index is 0.193. The zero-order valence-corrected chi connectivity index (χ0v) is 11.3. The molecule has 1 aromatic heterocycles. The smallest absolute Gasteiger partial charge is 0.133 e. The third-order valence-electron chi connectivity index (χ3n) is 3.95. The molecule has 2 atom stereocenters. The maximum Gasteiger partial charge on any atom is 0.133 e. The highest BCUT2D eigenvalue weighted by atomic mass is 16.1. The topological polar surface area (TPSA) is 66.6 Å². The fourth-order valence-electron chi connectivity index (χ4n) is 3.13. The highest BCUT2D eigenvalue weighted by Crippen LogP contribution is 2.37. The first-order valence-electron chi connectivity index (χ1n) is 6.84. The molecule has 1 aliphatic carbocycles. The van der Waals surface area contributed by atoms with Crippen LogP contribution >= 0.6 is 0 Å². The van der Waals surface area contributed by atoms with Crippen LogP contribution < -0.4 is 0 Å². The van der Waals surface area contributed by atoms with E-state index in [1.54, 1.807) is 18.5 Å². The summed E-state index contributed by atoms with van der Waals surface area (Å²) in [6.07, 6.45) is 5.48. The summed E-state index contributed by atoms with van der Waals surface area (Å²) in [6.45, 7) is 2.11. The molecule has 4 nitrogen and oxygen atoms in total. The molecule has 2 aromatic rings. The molecule has 0 bridgehead atoms. The summed E-state index contributed by atoms with van der Waals surface area (Å²) in [6, 6.07) is 5.87. The summed E-state index contributed by atoms with van der Waals surface area (Å²) in [7, 11) is 0. The lowest BCUT2D eigenvalue weighted by Gasteiger charge is -2.26. The van der Waals surface area contributed by atoms with E-state index in [0.717, 1.165) is 17.5 Å². The molecule has 1 unspecified atom stereocenters. The van der Waals surface area contributed by atoms with Crippen molar-refractivity contribution in [3.05, 3.63) is 35.7 Å². The van der Waals surface area contributed by atoms with Crippen LogP contribution in [0.2, 0.25) is 0 Å². The maximum absolute atomic E-state index is 11.8. The van der Waals surface area contributed by atoms with Crippen LogP contribution in [0.25, 0.3) is 11.0 Å². The second-order valence-corrected chi connectivity index (χ2v) is 5.55. The summed E-state index contributed by atoms with van der Waals surface area (Å²) in [5.74, 6) is 0.914. The lowest BCUT2D eigenvalue weighted by atomic mass is 9.77. The van der Waals surface area contributed by atoms with Gasteiger partial charge in [-0.3, -0.25) is 14.8 Å². The molecular weight excluding hydrogens is 250 g/mol. The van der Waals surface area contributed by atoms with Crippen LogP contribution in [-0.4, -0.2) is 15.8 Å². The third-order valence-corrected chi connectivity index (χ3v) is 3.95. The van der Waals surface area contributed by atoms with Crippen molar-refractivity contribution in [3.63, 3.8) is 0 Å². The molecule has 0 spiro atoms. The molecule has 1 fully saturated rings. The van der Waals surface area contributed by atoms with Crippen molar-refractivity contribution < 1.29 is 4.79 Å². The van der Waals surface area contributed by atoms with Gasteiger partial charge in [-0.1, -0.05) is 13.0 Å². The largest absolute Gasteiger partial charge is 0.300 e. The highest BCUT2D eigenvalue weighted by molar-refractivity contribution is 5.86. The molecular formula is C16H15N3O. The van der Waals surface area contributed by atoms with Gasteiger partial charge in [0, 0.05) is 25.2 Å². The Morgan fingerprint density at radius 3 is 2.65 bits per heavy atom. The zero-order valence-electron chi connectivity index (χ0n) is 11.3. The van der Waals surface area contributed by atoms with E-state index < -0.39 is 0 Å². The average molecular weight is 265 g/mol. The minimum Gasteiger partial charge on any atom is -0.300 e. The molecule has 1 aliphatic rings. The molecule has 4 heteroatoms. The van der Waals surface area contributed by atoms with E-state index in [2.05, 4.69) is 23.0 Å². The molecule has 100 valence electrons. The van der Waals surface area contributed by atoms with Crippen molar-refractivity contribution >= 4 is 16.8 Å². The number of nitrogens with zero attached hydrogens (tertiary/aromatic N) is 3. The van der Waals surface area contributed by atoms with Gasteiger partial charge in [0.2, 0.25) is 0 Å². The number of aromatic nitrogens is 2. The van der Waals surface area contributed by atoms with Gasteiger partial charge >= 0.3 is 0 Å². The van der Waals surface area contributed by atoms with E-state index in [1.807, 2.05) is 6.07 Å². The van der Waals surface area contributed by atoms with Crippen molar-refractivity contribution in [1.82, 2.24) is 9.97 Å². The summed E-state index contributed by atoms with van der Waals surface area (Å²) < 4.78 is 0. The number of carbonyl (C=O) groups excluding carboxylic acids is 1. The van der Waals surface area contributed by atoms with Gasteiger partial charge in [-0.05, 0) is 29.9 Å². The van der Waals surface area contributed by atoms with Crippen LogP contribution in [0.4, 0.5) is 0 Å². The van der Waals surface area contributed by atoms with Gasteiger partial charge < -0.3 is 0 Å². The Balaban J connectivity index is 2.13. The second kappa shape index (κ2) is 5.01. The number of hydrogen-bond donors (Lipinski definition) is 0. The first-order chi connectivity index (χ1) is 9.69. The monoisotopic (exact) mass is 265 g/mol. The quantitative estimate of drug-likeness (QED) is 0.795. The predicted molar refractivity (Wildman–Crippen MR) is 75.0 cm³/mol. The van der Waals surface area contributed by atoms with E-state index in [9.17, 15) is 4.79 Å². The van der Waals surface area contributed by atoms with Crippen molar-refractivity contribution in [2.45, 2.75) is 32.1 Å². The van der Waals surface area contributed by atoms with E-state index in [4.69, 9.17) is 5.26 Å². The summed E-state index contributed by atoms with van der Waals surface area (Å²) in [4.78, 5) is 20.5. The summed E-state index contributed by atoms with van der Waals surface area (Å²) >= 11 is 0. The normalized spacial score (nSPS) is 22.7. The Morgan fingerprint density at radius 2 is 1.95 bits per heavy atom. The molecule has 1 saturated carbocycles. The number of ketones is 1. The number of carbonyl (C=O) groups is 1. The van der Waals surface area contributed by atoms with Gasteiger partial charge in [0.05, 0.1) is 11.1 Å². The second-order valence-electron chi connectivity index (χ2n) is 5.55. The van der Waals surface area contributed by atoms with E-state index in [0.29, 0.717) is 35.6 Å². The molecule has 1 aromatic carbocycles. The van der Waals surface area contributed by atoms with E-state index >= 15 is 0 Å². The Kier molecular flexibility index (Phi) is 3.19. The predicted octanol–water partition coefficient (Wildman–Crippen LogP) is 2.97. The standard InChI is InChI=1S/C16H15N3O/c1-10-6-12(8-13(20)7-10)14-3-2-11(9-17)15-16(14)19-5-4-18-15/h2-5,10,12H,6-8H2,1H3/t10?,12-/m0/s1. The highest BCUT2D eigenvalue weighted by Gasteiger charge is 2.27. The van der Waals surface area contributed by atoms with Crippen LogP contribution in [0.15, 0.2) is 24.5 Å². The lowest BCUT2D eigenvalue weighted by Crippen LogP contribution is -2.20. The molecule has 0 radical (unpaired) electrons. The number of fused-ring (bicyclic) bond motifs is 1. The van der Waals surface area contributed by atoms with Crippen LogP contribution in [0.5, 0.6) is 0 Å². The first kappa shape index (κ1) is 12.7. The van der Waals surface area contributed by atoms with Crippen molar-refractivity contribution in [1.29, 1.82) is 5.26 Å². The first-order valence-corrected chi connectivity index (χ1v) is 6.84. The van der Waals surface area contributed by atoms with Crippen molar-refractivity contribution in [3.8, 4) is 6.07 Å². The van der Waals surface area contributed by atoms with Crippen molar-refractivity contribution in [2.24, 2.45) is 5.92 Å². The van der Waals surface area contributed by atoms with Crippen LogP contribution in [0.3, 0.4) is 0 Å². The van der Waals surface area contributed by atoms with Gasteiger partial charge in [0.1, 0.15) is 17.4 Å². The molecule has 0 N–H and O–H groups in total. The van der Waals surface area contributed by atoms with Crippen LogP contribution in [0.1, 0.15) is 43.2 Å². The Morgan fingerprint density at radius 1 is 1.20 bits per heavy atom. The van der Waals surface area contributed by atoms with Gasteiger partial charge in [-0.25, -0.2) is 0 Å². The molecule has 0 amide bonds. The van der Waals surface area contributed by atoms with Crippen LogP contribution in [-0.2, 0) is 4.79 Å². The lowest BCUT2D eigenvalue weighted by molar-refractivity contribution is -0.121. The van der Waals surface area contributed by atoms with Gasteiger partial charge in [-0.15, -0.1) is 0 Å². The fraction of sp³-hybridized carbons (Fsp3) is 0.375. The van der Waals surface area contributed by atoms with Crippen LogP contribution in [0, 0.1) is 17.2 Å². The van der Waals surface area contributed by atoms with E-state index in [-0.39, 0.29) is 5.92 Å². The number of hydrogen-bond acceptors (Lipinski definition) is 4. The maximum atomic E-state index is 11.8. The third kappa shape index (κ3) is 2.16. The Bertz CT molecular complexity index is 717. The summed E-state index contributed by atoms with van der Waals surface area (Å²) in [5.41, 5.74) is 2.98. The van der Waals surface area contributed by atoms with Gasteiger partial charge in [0.15, 0.2) is 0 Å². The van der Waals surface area contributed by atoms with Gasteiger partial charge in [-0.2, -0.15) is 5.26 Å². The van der Waals surface area contributed by atoms with E-state index in [1.165, 1.54) is 0 Å². The average Bonchev–Trinajstić information content (AvgIpc) is 2.45. The number of rotatable bonds is 1. The zero-order chi connectivity index (χ0) is 14.1. The number of nitriles is 1. The molecule has 0 saturated heterocycles. The summed E-state index contributed by atoms with van der Waals surface area (Å²) in [5, 5.41) is 9.15. The number of Topliss-reactive ketones (excluding diaryl/α,β-unsaturated/α-hetero) is 1. The van der Waals surface area contributed by atoms with Gasteiger partial charge in [0.25, 0.3) is 0 Å². The fourth-order valence-corrected chi connectivity index (χ4v) is 3.13. The molecule has 1 heterocycles. The van der Waals surface area contributed by atoms with Crippen molar-refractivity contribution in [2.75, 3.05) is 0 Å². The SMILES string of the molecule is CC1CC(=O)C[C@@H](c2ccc(C#N)c3nccnc23)C1. The minimum atomic E-state index is 0.193. The Hall–Kier alpha value is -2.28. The number of benzene rings is 1. The molecule has 0 aliphatic heterocycles. The Labute approximate surface area is 117 Å². The molecule has 20 heavy (non-hydrogen) atoms.